The number of aryl methyl sites for hydroxylation is 1. The van der Waals surface area contributed by atoms with E-state index >= 15 is 0 Å². The molecule has 3 heteroatoms. The van der Waals surface area contributed by atoms with Crippen LogP contribution in [0, 0.1) is 5.82 Å². The molecule has 0 aliphatic rings. The van der Waals surface area contributed by atoms with Crippen LogP contribution >= 0.6 is 0 Å². The summed E-state index contributed by atoms with van der Waals surface area (Å²) in [6, 6.07) is 6.49. The number of carbonyl (C=O) groups is 1. The second-order valence-electron chi connectivity index (χ2n) is 4.00. The predicted molar refractivity (Wildman–Crippen MR) is 62.6 cm³/mol. The highest BCUT2D eigenvalue weighted by atomic mass is 19.1. The van der Waals surface area contributed by atoms with Crippen molar-refractivity contribution in [3.05, 3.63) is 35.6 Å². The van der Waals surface area contributed by atoms with E-state index in [-0.39, 0.29) is 17.8 Å². The molecule has 0 unspecified atom stereocenters. The summed E-state index contributed by atoms with van der Waals surface area (Å²) in [4.78, 5) is 11.5. The molecular formula is C13H18FNO. The van der Waals surface area contributed by atoms with Crippen molar-refractivity contribution in [3.63, 3.8) is 0 Å². The molecule has 0 radical (unpaired) electrons. The first-order valence-electron chi connectivity index (χ1n) is 5.65. The van der Waals surface area contributed by atoms with Gasteiger partial charge in [-0.1, -0.05) is 19.1 Å². The fourth-order valence-corrected chi connectivity index (χ4v) is 1.36. The van der Waals surface area contributed by atoms with Crippen LogP contribution in [0.1, 0.15) is 32.3 Å². The maximum Gasteiger partial charge on any atom is 0.220 e. The van der Waals surface area contributed by atoms with Crippen molar-refractivity contribution in [2.45, 2.75) is 39.2 Å². The second-order valence-corrected chi connectivity index (χ2v) is 4.00. The van der Waals surface area contributed by atoms with Gasteiger partial charge < -0.3 is 5.32 Å². The van der Waals surface area contributed by atoms with Gasteiger partial charge in [-0.05, 0) is 37.5 Å². The van der Waals surface area contributed by atoms with E-state index in [1.54, 1.807) is 12.1 Å². The minimum Gasteiger partial charge on any atom is -0.354 e. The van der Waals surface area contributed by atoms with E-state index in [9.17, 15) is 9.18 Å². The Morgan fingerprint density at radius 1 is 1.38 bits per heavy atom. The van der Waals surface area contributed by atoms with Gasteiger partial charge in [-0.2, -0.15) is 0 Å². The van der Waals surface area contributed by atoms with Crippen molar-refractivity contribution < 1.29 is 9.18 Å². The smallest absolute Gasteiger partial charge is 0.220 e. The van der Waals surface area contributed by atoms with Crippen molar-refractivity contribution in [2.75, 3.05) is 0 Å². The number of nitrogens with one attached hydrogen (secondary N) is 1. The molecule has 0 aliphatic carbocycles. The summed E-state index contributed by atoms with van der Waals surface area (Å²) in [6.45, 7) is 4.01. The zero-order chi connectivity index (χ0) is 12.0. The van der Waals surface area contributed by atoms with Crippen molar-refractivity contribution in [1.82, 2.24) is 5.32 Å². The van der Waals surface area contributed by atoms with Crippen LogP contribution in [-0.4, -0.2) is 11.9 Å². The first-order chi connectivity index (χ1) is 7.61. The Kier molecular flexibility index (Phi) is 4.96. The Bertz CT molecular complexity index is 334. The summed E-state index contributed by atoms with van der Waals surface area (Å²) in [6.07, 6.45) is 2.04. The fourth-order valence-electron chi connectivity index (χ4n) is 1.36. The Labute approximate surface area is 95.9 Å². The largest absolute Gasteiger partial charge is 0.354 e. The molecule has 1 amide bonds. The van der Waals surface area contributed by atoms with E-state index in [1.165, 1.54) is 12.1 Å². The molecule has 0 aromatic heterocycles. The van der Waals surface area contributed by atoms with Gasteiger partial charge in [0.1, 0.15) is 5.82 Å². The topological polar surface area (TPSA) is 29.1 Å². The maximum atomic E-state index is 12.6. The third-order valence-corrected chi connectivity index (χ3v) is 2.57. The van der Waals surface area contributed by atoms with Crippen LogP contribution in [0.4, 0.5) is 4.39 Å². The van der Waals surface area contributed by atoms with Crippen LogP contribution < -0.4 is 5.32 Å². The number of rotatable bonds is 5. The molecule has 1 aromatic rings. The number of hydrogen-bond donors (Lipinski definition) is 1. The quantitative estimate of drug-likeness (QED) is 0.817. The van der Waals surface area contributed by atoms with E-state index in [2.05, 4.69) is 5.32 Å². The highest BCUT2D eigenvalue weighted by Gasteiger charge is 2.05. The molecule has 88 valence electrons. The van der Waals surface area contributed by atoms with Crippen molar-refractivity contribution in [2.24, 2.45) is 0 Å². The van der Waals surface area contributed by atoms with Crippen LogP contribution in [0.15, 0.2) is 24.3 Å². The normalized spacial score (nSPS) is 12.2. The molecule has 0 saturated carbocycles. The highest BCUT2D eigenvalue weighted by Crippen LogP contribution is 2.05. The molecule has 0 spiro atoms. The van der Waals surface area contributed by atoms with Gasteiger partial charge in [-0.25, -0.2) is 4.39 Å². The Balaban J connectivity index is 2.34. The molecule has 1 atom stereocenters. The zero-order valence-corrected chi connectivity index (χ0v) is 9.79. The summed E-state index contributed by atoms with van der Waals surface area (Å²) < 4.78 is 12.6. The molecule has 16 heavy (non-hydrogen) atoms. The summed E-state index contributed by atoms with van der Waals surface area (Å²) in [5.41, 5.74) is 0.987. The lowest BCUT2D eigenvalue weighted by atomic mass is 10.1. The van der Waals surface area contributed by atoms with Gasteiger partial charge in [-0.15, -0.1) is 0 Å². The number of amides is 1. The number of halogens is 1. The third-order valence-electron chi connectivity index (χ3n) is 2.57. The predicted octanol–water partition coefficient (Wildman–Crippen LogP) is 2.67. The molecule has 0 fully saturated rings. The summed E-state index contributed by atoms with van der Waals surface area (Å²) >= 11 is 0. The maximum absolute atomic E-state index is 12.6. The minimum absolute atomic E-state index is 0.0543. The van der Waals surface area contributed by atoms with Crippen LogP contribution in [0.3, 0.4) is 0 Å². The van der Waals surface area contributed by atoms with Gasteiger partial charge in [0.15, 0.2) is 0 Å². The lowest BCUT2D eigenvalue weighted by Gasteiger charge is -2.11. The Morgan fingerprint density at radius 2 is 2.00 bits per heavy atom. The first kappa shape index (κ1) is 12.7. The fraction of sp³-hybridized carbons (Fsp3) is 0.462. The molecule has 1 aromatic carbocycles. The SMILES string of the molecule is CC[C@H](C)NC(=O)CCc1ccc(F)cc1. The van der Waals surface area contributed by atoms with Crippen LogP contribution in [0.5, 0.6) is 0 Å². The van der Waals surface area contributed by atoms with E-state index < -0.39 is 0 Å². The summed E-state index contributed by atoms with van der Waals surface area (Å²) in [5, 5.41) is 2.90. The molecule has 0 aliphatic heterocycles. The van der Waals surface area contributed by atoms with Crippen LogP contribution in [0.2, 0.25) is 0 Å². The minimum atomic E-state index is -0.243. The zero-order valence-electron chi connectivity index (χ0n) is 9.79. The van der Waals surface area contributed by atoms with Gasteiger partial charge in [0, 0.05) is 12.5 Å². The number of carbonyl (C=O) groups excluding carboxylic acids is 1. The van der Waals surface area contributed by atoms with Crippen molar-refractivity contribution in [1.29, 1.82) is 0 Å². The third kappa shape index (κ3) is 4.43. The van der Waals surface area contributed by atoms with Crippen molar-refractivity contribution >= 4 is 5.91 Å². The van der Waals surface area contributed by atoms with E-state index in [1.807, 2.05) is 13.8 Å². The molecule has 0 saturated heterocycles. The molecular weight excluding hydrogens is 205 g/mol. The van der Waals surface area contributed by atoms with Gasteiger partial charge in [0.25, 0.3) is 0 Å². The van der Waals surface area contributed by atoms with Crippen LogP contribution in [-0.2, 0) is 11.2 Å². The second kappa shape index (κ2) is 6.26. The first-order valence-corrected chi connectivity index (χ1v) is 5.65. The number of hydrogen-bond acceptors (Lipinski definition) is 1. The molecule has 0 bridgehead atoms. The van der Waals surface area contributed by atoms with E-state index in [0.29, 0.717) is 12.8 Å². The molecule has 1 rings (SSSR count). The average molecular weight is 223 g/mol. The van der Waals surface area contributed by atoms with Crippen LogP contribution in [0.25, 0.3) is 0 Å². The van der Waals surface area contributed by atoms with Gasteiger partial charge in [-0.3, -0.25) is 4.79 Å². The van der Waals surface area contributed by atoms with Crippen molar-refractivity contribution in [3.8, 4) is 0 Å². The van der Waals surface area contributed by atoms with E-state index in [4.69, 9.17) is 0 Å². The van der Waals surface area contributed by atoms with Gasteiger partial charge in [0.05, 0.1) is 0 Å². The standard InChI is InChI=1S/C13H18FNO/c1-3-10(2)15-13(16)9-6-11-4-7-12(14)8-5-11/h4-5,7-8,10H,3,6,9H2,1-2H3,(H,15,16)/t10-/m0/s1. The Morgan fingerprint density at radius 3 is 2.56 bits per heavy atom. The summed E-state index contributed by atoms with van der Waals surface area (Å²) in [5.74, 6) is -0.188. The molecule has 0 heterocycles. The monoisotopic (exact) mass is 223 g/mol. The molecule has 2 nitrogen and oxygen atoms in total. The Hall–Kier alpha value is -1.38. The number of benzene rings is 1. The van der Waals surface area contributed by atoms with Gasteiger partial charge in [0.2, 0.25) is 5.91 Å². The lowest BCUT2D eigenvalue weighted by Crippen LogP contribution is -2.31. The average Bonchev–Trinajstić information content (AvgIpc) is 2.28. The van der Waals surface area contributed by atoms with Gasteiger partial charge >= 0.3 is 0 Å². The molecule has 1 N–H and O–H groups in total. The summed E-state index contributed by atoms with van der Waals surface area (Å²) in [7, 11) is 0. The lowest BCUT2D eigenvalue weighted by molar-refractivity contribution is -0.121. The highest BCUT2D eigenvalue weighted by molar-refractivity contribution is 5.76. The van der Waals surface area contributed by atoms with E-state index in [0.717, 1.165) is 12.0 Å².